The molecule has 2 aromatic rings. The molecule has 0 saturated heterocycles. The largest absolute Gasteiger partial charge is 0.495 e. The molecule has 0 aliphatic carbocycles. The summed E-state index contributed by atoms with van der Waals surface area (Å²) >= 11 is 5.98. The first-order chi connectivity index (χ1) is 13.3. The standard InChI is InChI=1S/C18H19ClN2O6S/c1-11(21-28(23,24)13-4-6-15(25-2)14(19)10-13)18(22)20-12-3-5-16-17(9-12)27-8-7-26-16/h3-6,9-11,21H,7-8H2,1-2H3,(H,20,22)/t11-/m0/s1. The van der Waals surface area contributed by atoms with Crippen LogP contribution in [0.1, 0.15) is 6.92 Å². The third kappa shape index (κ3) is 4.49. The normalized spacial score (nSPS) is 14.2. The number of ether oxygens (including phenoxy) is 3. The summed E-state index contributed by atoms with van der Waals surface area (Å²) in [5.74, 6) is 0.935. The van der Waals surface area contributed by atoms with Gasteiger partial charge in [-0.25, -0.2) is 8.42 Å². The lowest BCUT2D eigenvalue weighted by Crippen LogP contribution is -2.41. The van der Waals surface area contributed by atoms with E-state index in [4.69, 9.17) is 25.8 Å². The van der Waals surface area contributed by atoms with Crippen LogP contribution in [0.15, 0.2) is 41.3 Å². The number of methoxy groups -OCH3 is 1. The summed E-state index contributed by atoms with van der Waals surface area (Å²) in [6.45, 7) is 2.33. The number of anilines is 1. The Balaban J connectivity index is 1.68. The lowest BCUT2D eigenvalue weighted by atomic mass is 10.2. The van der Waals surface area contributed by atoms with E-state index in [2.05, 4.69) is 10.0 Å². The van der Waals surface area contributed by atoms with Crippen molar-refractivity contribution in [3.63, 3.8) is 0 Å². The number of benzene rings is 2. The van der Waals surface area contributed by atoms with Crippen LogP contribution in [0.2, 0.25) is 5.02 Å². The topological polar surface area (TPSA) is 103 Å². The van der Waals surface area contributed by atoms with Crippen LogP contribution in [0, 0.1) is 0 Å². The van der Waals surface area contributed by atoms with Crippen LogP contribution >= 0.6 is 11.6 Å². The van der Waals surface area contributed by atoms with Crippen molar-refractivity contribution in [2.24, 2.45) is 0 Å². The van der Waals surface area contributed by atoms with Gasteiger partial charge in [-0.3, -0.25) is 4.79 Å². The Bertz CT molecular complexity index is 996. The van der Waals surface area contributed by atoms with Crippen molar-refractivity contribution in [1.29, 1.82) is 0 Å². The molecule has 0 fully saturated rings. The van der Waals surface area contributed by atoms with E-state index in [1.165, 1.54) is 32.2 Å². The van der Waals surface area contributed by atoms with Crippen molar-refractivity contribution in [3.05, 3.63) is 41.4 Å². The highest BCUT2D eigenvalue weighted by Crippen LogP contribution is 2.32. The summed E-state index contributed by atoms with van der Waals surface area (Å²) in [6.07, 6.45) is 0. The summed E-state index contributed by atoms with van der Waals surface area (Å²) in [5, 5.41) is 2.80. The zero-order chi connectivity index (χ0) is 20.3. The summed E-state index contributed by atoms with van der Waals surface area (Å²) in [6, 6.07) is 7.97. The van der Waals surface area contributed by atoms with Crippen LogP contribution in [-0.4, -0.2) is 40.7 Å². The molecule has 2 aromatic carbocycles. The van der Waals surface area contributed by atoms with Gasteiger partial charge in [-0.1, -0.05) is 11.6 Å². The average molecular weight is 427 g/mol. The summed E-state index contributed by atoms with van der Waals surface area (Å²) in [4.78, 5) is 12.3. The zero-order valence-corrected chi connectivity index (χ0v) is 16.8. The maximum Gasteiger partial charge on any atom is 0.242 e. The number of carbonyl (C=O) groups excluding carboxylic acids is 1. The molecule has 150 valence electrons. The van der Waals surface area contributed by atoms with E-state index in [9.17, 15) is 13.2 Å². The number of nitrogens with one attached hydrogen (secondary N) is 2. The van der Waals surface area contributed by atoms with Gasteiger partial charge < -0.3 is 19.5 Å². The van der Waals surface area contributed by atoms with Gasteiger partial charge in [-0.05, 0) is 37.3 Å². The third-order valence-electron chi connectivity index (χ3n) is 3.97. The molecule has 0 unspecified atom stereocenters. The minimum Gasteiger partial charge on any atom is -0.495 e. The van der Waals surface area contributed by atoms with Crippen molar-refractivity contribution in [1.82, 2.24) is 4.72 Å². The second kappa shape index (κ2) is 8.26. The van der Waals surface area contributed by atoms with E-state index >= 15 is 0 Å². The molecule has 1 amide bonds. The summed E-state index contributed by atoms with van der Waals surface area (Å²) in [5.41, 5.74) is 0.466. The molecule has 1 aliphatic heterocycles. The van der Waals surface area contributed by atoms with E-state index in [-0.39, 0.29) is 9.92 Å². The fraction of sp³-hybridized carbons (Fsp3) is 0.278. The van der Waals surface area contributed by atoms with Crippen LogP contribution in [0.25, 0.3) is 0 Å². The molecule has 1 aliphatic rings. The van der Waals surface area contributed by atoms with Crippen LogP contribution in [0.5, 0.6) is 17.2 Å². The number of amides is 1. The first-order valence-corrected chi connectivity index (χ1v) is 10.2. The van der Waals surface area contributed by atoms with Crippen LogP contribution in [-0.2, 0) is 14.8 Å². The highest BCUT2D eigenvalue weighted by molar-refractivity contribution is 7.89. The van der Waals surface area contributed by atoms with Crippen LogP contribution < -0.4 is 24.2 Å². The van der Waals surface area contributed by atoms with Gasteiger partial charge in [0.1, 0.15) is 19.0 Å². The molecule has 2 N–H and O–H groups in total. The number of sulfonamides is 1. The Hall–Kier alpha value is -2.49. The van der Waals surface area contributed by atoms with Gasteiger partial charge in [-0.15, -0.1) is 0 Å². The maximum atomic E-state index is 12.5. The molecule has 0 spiro atoms. The summed E-state index contributed by atoms with van der Waals surface area (Å²) in [7, 11) is -2.53. The molecule has 1 heterocycles. The molecule has 0 aromatic heterocycles. The molecule has 8 nitrogen and oxygen atoms in total. The van der Waals surface area contributed by atoms with Crippen LogP contribution in [0.4, 0.5) is 5.69 Å². The minimum atomic E-state index is -3.95. The number of fused-ring (bicyclic) bond motifs is 1. The van der Waals surface area contributed by atoms with Crippen molar-refractivity contribution in [2.75, 3.05) is 25.6 Å². The second-order valence-corrected chi connectivity index (χ2v) is 8.11. The van der Waals surface area contributed by atoms with Crippen molar-refractivity contribution >= 4 is 33.2 Å². The zero-order valence-electron chi connectivity index (χ0n) is 15.2. The first kappa shape index (κ1) is 20.2. The molecule has 1 atom stereocenters. The van der Waals surface area contributed by atoms with E-state index in [1.807, 2.05) is 0 Å². The van der Waals surface area contributed by atoms with E-state index in [0.717, 1.165) is 0 Å². The predicted octanol–water partition coefficient (Wildman–Crippen LogP) is 2.43. The second-order valence-electron chi connectivity index (χ2n) is 5.99. The van der Waals surface area contributed by atoms with Gasteiger partial charge in [0.25, 0.3) is 0 Å². The highest BCUT2D eigenvalue weighted by Gasteiger charge is 2.23. The molecule has 0 bridgehead atoms. The van der Waals surface area contributed by atoms with E-state index in [0.29, 0.717) is 36.1 Å². The fourth-order valence-corrected chi connectivity index (χ4v) is 4.09. The Kier molecular flexibility index (Phi) is 5.97. The van der Waals surface area contributed by atoms with Gasteiger partial charge >= 0.3 is 0 Å². The fourth-order valence-electron chi connectivity index (χ4n) is 2.54. The Morgan fingerprint density at radius 1 is 1.14 bits per heavy atom. The number of hydrogen-bond donors (Lipinski definition) is 2. The van der Waals surface area contributed by atoms with E-state index < -0.39 is 22.0 Å². The molecular formula is C18H19ClN2O6S. The third-order valence-corrected chi connectivity index (χ3v) is 5.80. The number of hydrogen-bond acceptors (Lipinski definition) is 6. The molecule has 0 saturated carbocycles. The van der Waals surface area contributed by atoms with Gasteiger partial charge in [0, 0.05) is 11.8 Å². The Labute approximate surface area is 167 Å². The van der Waals surface area contributed by atoms with Gasteiger partial charge in [0.2, 0.25) is 15.9 Å². The quantitative estimate of drug-likeness (QED) is 0.735. The predicted molar refractivity (Wildman–Crippen MR) is 104 cm³/mol. The first-order valence-electron chi connectivity index (χ1n) is 8.36. The molecule has 0 radical (unpaired) electrons. The summed E-state index contributed by atoms with van der Waals surface area (Å²) < 4.78 is 43.3. The van der Waals surface area contributed by atoms with Crippen LogP contribution in [0.3, 0.4) is 0 Å². The Morgan fingerprint density at radius 3 is 2.54 bits per heavy atom. The molecule has 10 heteroatoms. The monoisotopic (exact) mass is 426 g/mol. The van der Waals surface area contributed by atoms with Gasteiger partial charge in [-0.2, -0.15) is 4.72 Å². The van der Waals surface area contributed by atoms with E-state index in [1.54, 1.807) is 18.2 Å². The lowest BCUT2D eigenvalue weighted by molar-refractivity contribution is -0.117. The highest BCUT2D eigenvalue weighted by atomic mass is 35.5. The maximum absolute atomic E-state index is 12.5. The average Bonchev–Trinajstić information content (AvgIpc) is 2.67. The van der Waals surface area contributed by atoms with Gasteiger partial charge in [0.15, 0.2) is 11.5 Å². The Morgan fingerprint density at radius 2 is 1.86 bits per heavy atom. The number of carbonyl (C=O) groups is 1. The van der Waals surface area contributed by atoms with Crippen molar-refractivity contribution in [3.8, 4) is 17.2 Å². The lowest BCUT2D eigenvalue weighted by Gasteiger charge is -2.19. The smallest absolute Gasteiger partial charge is 0.242 e. The molecule has 28 heavy (non-hydrogen) atoms. The molecular weight excluding hydrogens is 408 g/mol. The number of halogens is 1. The minimum absolute atomic E-state index is 0.0720. The SMILES string of the molecule is COc1ccc(S(=O)(=O)N[C@@H](C)C(=O)Nc2ccc3c(c2)OCCO3)cc1Cl. The van der Waals surface area contributed by atoms with Gasteiger partial charge in [0.05, 0.1) is 23.1 Å². The molecule has 3 rings (SSSR count). The van der Waals surface area contributed by atoms with Crippen molar-refractivity contribution < 1.29 is 27.4 Å². The number of rotatable bonds is 6. The van der Waals surface area contributed by atoms with Crippen molar-refractivity contribution in [2.45, 2.75) is 17.9 Å².